The molecule has 1 amide bonds. The molecule has 0 heterocycles. The summed E-state index contributed by atoms with van der Waals surface area (Å²) in [7, 11) is 1.38. The Hall–Kier alpha value is -2.25. The van der Waals surface area contributed by atoms with Crippen molar-refractivity contribution in [1.82, 2.24) is 0 Å². The summed E-state index contributed by atoms with van der Waals surface area (Å²) in [6.07, 6.45) is 0. The zero-order valence-corrected chi connectivity index (χ0v) is 15.8. The summed E-state index contributed by atoms with van der Waals surface area (Å²) in [5.74, 6) is -1.04. The van der Waals surface area contributed by atoms with Gasteiger partial charge in [-0.15, -0.1) is 0 Å². The number of carboxylic acids is 1. The topological polar surface area (TPSA) is 84.9 Å². The van der Waals surface area contributed by atoms with E-state index in [4.69, 9.17) is 26.2 Å². The smallest absolute Gasteiger partial charge is 0.335 e. The minimum absolute atomic E-state index is 0.0369. The molecule has 25 heavy (non-hydrogen) atoms. The number of halogens is 2. The van der Waals surface area contributed by atoms with Crippen molar-refractivity contribution in [2.45, 2.75) is 6.92 Å². The van der Waals surface area contributed by atoms with Gasteiger partial charge in [-0.1, -0.05) is 17.7 Å². The van der Waals surface area contributed by atoms with E-state index in [1.165, 1.54) is 19.2 Å². The van der Waals surface area contributed by atoms with E-state index in [0.717, 1.165) is 5.56 Å². The summed E-state index contributed by atoms with van der Waals surface area (Å²) in [6, 6.07) is 7.87. The maximum Gasteiger partial charge on any atom is 0.335 e. The molecular formula is C17H15BrClNO5. The highest BCUT2D eigenvalue weighted by atomic mass is 79.9. The Bertz CT molecular complexity index is 825. The van der Waals surface area contributed by atoms with E-state index in [2.05, 4.69) is 21.2 Å². The molecule has 0 aliphatic carbocycles. The lowest BCUT2D eigenvalue weighted by Crippen LogP contribution is -2.20. The molecule has 0 saturated carbocycles. The Balaban J connectivity index is 2.08. The number of methoxy groups -OCH3 is 1. The highest BCUT2D eigenvalue weighted by Crippen LogP contribution is 2.36. The lowest BCUT2D eigenvalue weighted by atomic mass is 10.2. The number of hydrogen-bond acceptors (Lipinski definition) is 4. The fraction of sp³-hybridized carbons (Fsp3) is 0.176. The van der Waals surface area contributed by atoms with E-state index in [0.29, 0.717) is 15.2 Å². The molecular weight excluding hydrogens is 414 g/mol. The largest absolute Gasteiger partial charge is 0.493 e. The van der Waals surface area contributed by atoms with Crippen LogP contribution in [-0.4, -0.2) is 30.7 Å². The van der Waals surface area contributed by atoms with Crippen molar-refractivity contribution in [2.75, 3.05) is 19.0 Å². The first-order valence-corrected chi connectivity index (χ1v) is 8.28. The summed E-state index contributed by atoms with van der Waals surface area (Å²) in [5, 5.41) is 12.3. The van der Waals surface area contributed by atoms with Gasteiger partial charge in [0.2, 0.25) is 0 Å². The van der Waals surface area contributed by atoms with Gasteiger partial charge in [-0.2, -0.15) is 0 Å². The van der Waals surface area contributed by atoms with Gasteiger partial charge in [0.05, 0.1) is 17.1 Å². The summed E-state index contributed by atoms with van der Waals surface area (Å²) < 4.78 is 11.0. The van der Waals surface area contributed by atoms with Gasteiger partial charge in [0.1, 0.15) is 0 Å². The third kappa shape index (κ3) is 4.87. The summed E-state index contributed by atoms with van der Waals surface area (Å²) >= 11 is 9.24. The number of nitrogens with one attached hydrogen (secondary N) is 1. The molecule has 0 aliphatic heterocycles. The van der Waals surface area contributed by atoms with Gasteiger partial charge < -0.3 is 19.9 Å². The van der Waals surface area contributed by atoms with Gasteiger partial charge in [0.15, 0.2) is 18.1 Å². The van der Waals surface area contributed by atoms with Crippen LogP contribution >= 0.6 is 27.5 Å². The number of benzene rings is 2. The van der Waals surface area contributed by atoms with E-state index in [1.54, 1.807) is 18.2 Å². The minimum atomic E-state index is -1.10. The maximum absolute atomic E-state index is 12.0. The molecule has 0 saturated heterocycles. The molecule has 0 bridgehead atoms. The molecule has 0 aromatic heterocycles. The first-order valence-electron chi connectivity index (χ1n) is 7.11. The van der Waals surface area contributed by atoms with E-state index in [9.17, 15) is 9.59 Å². The van der Waals surface area contributed by atoms with Crippen LogP contribution in [0.3, 0.4) is 0 Å². The number of amides is 1. The Morgan fingerprint density at radius 1 is 1.28 bits per heavy atom. The normalized spacial score (nSPS) is 10.2. The van der Waals surface area contributed by atoms with Crippen LogP contribution in [0.1, 0.15) is 15.9 Å². The average molecular weight is 429 g/mol. The molecule has 2 N–H and O–H groups in total. The number of aromatic carboxylic acids is 1. The van der Waals surface area contributed by atoms with Crippen LogP contribution in [0.4, 0.5) is 5.69 Å². The quantitative estimate of drug-likeness (QED) is 0.722. The van der Waals surface area contributed by atoms with Crippen LogP contribution in [0, 0.1) is 6.92 Å². The lowest BCUT2D eigenvalue weighted by Gasteiger charge is -2.13. The van der Waals surface area contributed by atoms with Gasteiger partial charge in [-0.3, -0.25) is 4.79 Å². The second kappa shape index (κ2) is 8.22. The number of ether oxygens (including phenoxy) is 2. The predicted molar refractivity (Wildman–Crippen MR) is 98.0 cm³/mol. The van der Waals surface area contributed by atoms with Gasteiger partial charge in [0, 0.05) is 10.7 Å². The summed E-state index contributed by atoms with van der Waals surface area (Å²) in [6.45, 7) is 1.58. The Labute approximate surface area is 157 Å². The SMILES string of the molecule is COc1cc(C(=O)O)cc(Br)c1OCC(=O)Nc1ccc(C)c(Cl)c1. The molecule has 0 aliphatic rings. The monoisotopic (exact) mass is 427 g/mol. The number of carbonyl (C=O) groups excluding carboxylic acids is 1. The molecule has 0 spiro atoms. The molecule has 132 valence electrons. The Morgan fingerprint density at radius 2 is 2.00 bits per heavy atom. The van der Waals surface area contributed by atoms with Crippen molar-refractivity contribution in [1.29, 1.82) is 0 Å². The van der Waals surface area contributed by atoms with Crippen LogP contribution in [-0.2, 0) is 4.79 Å². The standard InChI is InChI=1S/C17H15BrClNO5/c1-9-3-4-11(7-13(9)19)20-15(21)8-25-16-12(18)5-10(17(22)23)6-14(16)24-2/h3-7H,8H2,1-2H3,(H,20,21)(H,22,23). The molecule has 6 nitrogen and oxygen atoms in total. The maximum atomic E-state index is 12.0. The number of carboxylic acid groups (broad SMARTS) is 1. The number of aryl methyl sites for hydroxylation is 1. The predicted octanol–water partition coefficient (Wildman–Crippen LogP) is 4.14. The van der Waals surface area contributed by atoms with Crippen molar-refractivity contribution in [2.24, 2.45) is 0 Å². The zero-order valence-electron chi connectivity index (χ0n) is 13.4. The van der Waals surface area contributed by atoms with E-state index in [-0.39, 0.29) is 23.7 Å². The average Bonchev–Trinajstić information content (AvgIpc) is 2.56. The number of rotatable bonds is 6. The molecule has 8 heteroatoms. The summed E-state index contributed by atoms with van der Waals surface area (Å²) in [5.41, 5.74) is 1.49. The van der Waals surface area contributed by atoms with Crippen LogP contribution < -0.4 is 14.8 Å². The van der Waals surface area contributed by atoms with Gasteiger partial charge in [-0.05, 0) is 52.7 Å². The van der Waals surface area contributed by atoms with Crippen LogP contribution in [0.25, 0.3) is 0 Å². The van der Waals surface area contributed by atoms with Crippen molar-refractivity contribution < 1.29 is 24.2 Å². The summed E-state index contributed by atoms with van der Waals surface area (Å²) in [4.78, 5) is 23.1. The fourth-order valence-corrected chi connectivity index (χ4v) is 2.73. The minimum Gasteiger partial charge on any atom is -0.493 e. The zero-order chi connectivity index (χ0) is 18.6. The third-order valence-corrected chi connectivity index (χ3v) is 4.28. The van der Waals surface area contributed by atoms with Crippen LogP contribution in [0.2, 0.25) is 5.02 Å². The molecule has 2 aromatic rings. The molecule has 0 atom stereocenters. The highest BCUT2D eigenvalue weighted by molar-refractivity contribution is 9.10. The van der Waals surface area contributed by atoms with Gasteiger partial charge in [0.25, 0.3) is 5.91 Å². The third-order valence-electron chi connectivity index (χ3n) is 3.28. The molecule has 0 unspecified atom stereocenters. The first-order chi connectivity index (χ1) is 11.8. The van der Waals surface area contributed by atoms with E-state index in [1.807, 2.05) is 6.92 Å². The van der Waals surface area contributed by atoms with Crippen molar-refractivity contribution in [3.05, 3.63) is 51.0 Å². The number of carbonyl (C=O) groups is 2. The highest BCUT2D eigenvalue weighted by Gasteiger charge is 2.16. The number of anilines is 1. The second-order valence-electron chi connectivity index (χ2n) is 5.10. The van der Waals surface area contributed by atoms with Crippen LogP contribution in [0.5, 0.6) is 11.5 Å². The first kappa shape index (κ1) is 19.1. The van der Waals surface area contributed by atoms with Crippen molar-refractivity contribution >= 4 is 45.1 Å². The molecule has 2 aromatic carbocycles. The Morgan fingerprint density at radius 3 is 2.60 bits per heavy atom. The Kier molecular flexibility index (Phi) is 6.27. The van der Waals surface area contributed by atoms with Gasteiger partial charge in [-0.25, -0.2) is 4.79 Å². The fourth-order valence-electron chi connectivity index (χ4n) is 1.99. The molecule has 0 radical (unpaired) electrons. The van der Waals surface area contributed by atoms with Crippen LogP contribution in [0.15, 0.2) is 34.8 Å². The van der Waals surface area contributed by atoms with E-state index >= 15 is 0 Å². The molecule has 0 fully saturated rings. The van der Waals surface area contributed by atoms with Crippen molar-refractivity contribution in [3.8, 4) is 11.5 Å². The number of hydrogen-bond donors (Lipinski definition) is 2. The van der Waals surface area contributed by atoms with Crippen molar-refractivity contribution in [3.63, 3.8) is 0 Å². The van der Waals surface area contributed by atoms with Gasteiger partial charge >= 0.3 is 5.97 Å². The second-order valence-corrected chi connectivity index (χ2v) is 6.36. The molecule has 2 rings (SSSR count). The lowest BCUT2D eigenvalue weighted by molar-refractivity contribution is -0.118. The van der Waals surface area contributed by atoms with E-state index < -0.39 is 11.9 Å².